The zero-order valence-electron chi connectivity index (χ0n) is 17.5. The fraction of sp³-hybridized carbons (Fsp3) is 0.409. The Kier molecular flexibility index (Phi) is 6.20. The van der Waals surface area contributed by atoms with E-state index in [4.69, 9.17) is 5.73 Å². The van der Waals surface area contributed by atoms with Crippen LogP contribution in [0.3, 0.4) is 0 Å². The van der Waals surface area contributed by atoms with E-state index in [-0.39, 0.29) is 30.6 Å². The van der Waals surface area contributed by atoms with Crippen molar-refractivity contribution < 1.29 is 19.2 Å². The van der Waals surface area contributed by atoms with Gasteiger partial charge in [0, 0.05) is 37.2 Å². The first-order valence-corrected chi connectivity index (χ1v) is 10.7. The van der Waals surface area contributed by atoms with E-state index < -0.39 is 29.9 Å². The van der Waals surface area contributed by atoms with Crippen molar-refractivity contribution in [2.45, 2.75) is 49.7 Å². The Morgan fingerprint density at radius 1 is 1.25 bits per heavy atom. The summed E-state index contributed by atoms with van der Waals surface area (Å²) in [7, 11) is 0. The third-order valence-corrected chi connectivity index (χ3v) is 6.09. The van der Waals surface area contributed by atoms with Gasteiger partial charge in [-0.3, -0.25) is 19.2 Å². The molecular weight excluding hydrogens is 412 g/mol. The molecule has 0 unspecified atom stereocenters. The number of aromatic amines is 1. The van der Waals surface area contributed by atoms with E-state index in [1.807, 2.05) is 30.3 Å². The van der Waals surface area contributed by atoms with Gasteiger partial charge in [-0.1, -0.05) is 30.3 Å². The third kappa shape index (κ3) is 4.48. The number of likely N-dealkylation sites (tertiary alicyclic amines) is 1. The number of primary amides is 1. The van der Waals surface area contributed by atoms with Gasteiger partial charge in [0.25, 0.3) is 0 Å². The molecule has 5 N–H and O–H groups in total. The summed E-state index contributed by atoms with van der Waals surface area (Å²) in [5, 5.41) is 5.54. The van der Waals surface area contributed by atoms with Crippen molar-refractivity contribution in [3.8, 4) is 0 Å². The summed E-state index contributed by atoms with van der Waals surface area (Å²) in [6.45, 7) is 0.397. The quantitative estimate of drug-likeness (QED) is 0.463. The SMILES string of the molecule is NC(=O)[C@@H]1CCCN1C(=O)[C@H](Cc1cnc[nH]1)NC(=O)[C@H]1NC(=O)C[C@H]1c1ccccc1. The molecule has 1 aromatic heterocycles. The molecule has 4 rings (SSSR count). The lowest BCUT2D eigenvalue weighted by Crippen LogP contribution is -2.56. The number of imidazole rings is 1. The molecule has 0 radical (unpaired) electrons. The van der Waals surface area contributed by atoms with Crippen LogP contribution in [-0.4, -0.2) is 63.2 Å². The largest absolute Gasteiger partial charge is 0.368 e. The Morgan fingerprint density at radius 2 is 2.03 bits per heavy atom. The molecule has 0 saturated carbocycles. The van der Waals surface area contributed by atoms with Crippen LogP contribution in [0.2, 0.25) is 0 Å². The van der Waals surface area contributed by atoms with Crippen molar-refractivity contribution >= 4 is 23.6 Å². The summed E-state index contributed by atoms with van der Waals surface area (Å²) < 4.78 is 0. The van der Waals surface area contributed by atoms with E-state index in [0.29, 0.717) is 25.1 Å². The zero-order chi connectivity index (χ0) is 22.7. The van der Waals surface area contributed by atoms with Crippen molar-refractivity contribution in [2.24, 2.45) is 5.73 Å². The Morgan fingerprint density at radius 3 is 2.72 bits per heavy atom. The number of hydrogen-bond donors (Lipinski definition) is 4. The number of H-pyrrole nitrogens is 1. The first-order valence-electron chi connectivity index (χ1n) is 10.7. The Hall–Kier alpha value is -3.69. The van der Waals surface area contributed by atoms with Gasteiger partial charge in [0.2, 0.25) is 23.6 Å². The summed E-state index contributed by atoms with van der Waals surface area (Å²) in [6, 6.07) is 6.91. The van der Waals surface area contributed by atoms with Gasteiger partial charge in [-0.15, -0.1) is 0 Å². The summed E-state index contributed by atoms with van der Waals surface area (Å²) >= 11 is 0. The predicted molar refractivity (Wildman–Crippen MR) is 114 cm³/mol. The molecule has 2 aliphatic rings. The maximum absolute atomic E-state index is 13.3. The number of nitrogens with zero attached hydrogens (tertiary/aromatic N) is 2. The van der Waals surface area contributed by atoms with Gasteiger partial charge in [0.05, 0.1) is 6.33 Å². The topological polar surface area (TPSA) is 150 Å². The second-order valence-electron chi connectivity index (χ2n) is 8.20. The molecule has 2 fully saturated rings. The molecular formula is C22H26N6O4. The molecule has 32 heavy (non-hydrogen) atoms. The lowest BCUT2D eigenvalue weighted by Gasteiger charge is -2.29. The number of rotatable bonds is 7. The van der Waals surface area contributed by atoms with E-state index in [2.05, 4.69) is 20.6 Å². The van der Waals surface area contributed by atoms with Gasteiger partial charge in [-0.05, 0) is 18.4 Å². The zero-order valence-corrected chi connectivity index (χ0v) is 17.5. The highest BCUT2D eigenvalue weighted by Crippen LogP contribution is 2.28. The number of carbonyl (C=O) groups excluding carboxylic acids is 4. The summed E-state index contributed by atoms with van der Waals surface area (Å²) in [4.78, 5) is 58.8. The maximum Gasteiger partial charge on any atom is 0.246 e. The number of benzene rings is 1. The minimum Gasteiger partial charge on any atom is -0.368 e. The van der Waals surface area contributed by atoms with E-state index in [1.165, 1.54) is 11.2 Å². The summed E-state index contributed by atoms with van der Waals surface area (Å²) in [5.74, 6) is -1.94. The summed E-state index contributed by atoms with van der Waals surface area (Å²) in [5.41, 5.74) is 7.01. The van der Waals surface area contributed by atoms with Crippen LogP contribution in [0, 0.1) is 0 Å². The van der Waals surface area contributed by atoms with Crippen LogP contribution in [0.5, 0.6) is 0 Å². The van der Waals surface area contributed by atoms with Gasteiger partial charge in [0.15, 0.2) is 0 Å². The molecule has 2 saturated heterocycles. The van der Waals surface area contributed by atoms with E-state index in [1.54, 1.807) is 6.20 Å². The molecule has 0 aliphatic carbocycles. The Labute approximate surface area is 184 Å². The van der Waals surface area contributed by atoms with Crippen LogP contribution in [0.15, 0.2) is 42.9 Å². The van der Waals surface area contributed by atoms with E-state index in [9.17, 15) is 19.2 Å². The molecule has 10 heteroatoms. The fourth-order valence-corrected chi connectivity index (χ4v) is 4.51. The number of nitrogens with two attached hydrogens (primary N) is 1. The predicted octanol–water partition coefficient (Wildman–Crippen LogP) is -0.414. The van der Waals surface area contributed by atoms with Gasteiger partial charge in [-0.25, -0.2) is 4.98 Å². The smallest absolute Gasteiger partial charge is 0.246 e. The number of aromatic nitrogens is 2. The molecule has 1 aromatic carbocycles. The second-order valence-corrected chi connectivity index (χ2v) is 8.20. The van der Waals surface area contributed by atoms with Crippen molar-refractivity contribution in [2.75, 3.05) is 6.54 Å². The van der Waals surface area contributed by atoms with Crippen molar-refractivity contribution in [3.05, 3.63) is 54.1 Å². The standard InChI is InChI=1S/C22H26N6O4/c23-20(30)17-7-4-8-28(17)22(32)16(9-14-11-24-12-25-14)26-21(31)19-15(10-18(29)27-19)13-5-2-1-3-6-13/h1-3,5-6,11-12,15-17,19H,4,7-10H2,(H2,23,30)(H,24,25)(H,26,31)(H,27,29)/t15-,16-,17-,19-/m0/s1. The number of carbonyl (C=O) groups is 4. The highest BCUT2D eigenvalue weighted by atomic mass is 16.2. The lowest BCUT2D eigenvalue weighted by atomic mass is 9.91. The number of nitrogens with one attached hydrogen (secondary N) is 3. The molecule has 4 atom stereocenters. The average Bonchev–Trinajstić information content (AvgIpc) is 3.54. The lowest BCUT2D eigenvalue weighted by molar-refractivity contribution is -0.140. The molecule has 3 heterocycles. The molecule has 2 aliphatic heterocycles. The molecule has 10 nitrogen and oxygen atoms in total. The molecule has 2 aromatic rings. The van der Waals surface area contributed by atoms with Crippen LogP contribution in [0.1, 0.15) is 36.4 Å². The highest BCUT2D eigenvalue weighted by Gasteiger charge is 2.41. The first kappa shape index (κ1) is 21.5. The van der Waals surface area contributed by atoms with Crippen LogP contribution in [0.4, 0.5) is 0 Å². The van der Waals surface area contributed by atoms with Crippen LogP contribution in [0.25, 0.3) is 0 Å². The van der Waals surface area contributed by atoms with Crippen LogP contribution < -0.4 is 16.4 Å². The number of hydrogen-bond acceptors (Lipinski definition) is 5. The van der Waals surface area contributed by atoms with Crippen molar-refractivity contribution in [1.29, 1.82) is 0 Å². The monoisotopic (exact) mass is 438 g/mol. The normalized spacial score (nSPS) is 23.6. The van der Waals surface area contributed by atoms with Crippen molar-refractivity contribution in [1.82, 2.24) is 25.5 Å². The van der Waals surface area contributed by atoms with Crippen LogP contribution in [-0.2, 0) is 25.6 Å². The van der Waals surface area contributed by atoms with Gasteiger partial charge >= 0.3 is 0 Å². The van der Waals surface area contributed by atoms with Gasteiger partial charge in [-0.2, -0.15) is 0 Å². The van der Waals surface area contributed by atoms with Gasteiger partial charge in [0.1, 0.15) is 18.1 Å². The Bertz CT molecular complexity index is 993. The second kappa shape index (κ2) is 9.21. The highest BCUT2D eigenvalue weighted by molar-refractivity contribution is 5.96. The Balaban J connectivity index is 1.55. The van der Waals surface area contributed by atoms with Gasteiger partial charge < -0.3 is 26.3 Å². The maximum atomic E-state index is 13.3. The average molecular weight is 438 g/mol. The fourth-order valence-electron chi connectivity index (χ4n) is 4.51. The van der Waals surface area contributed by atoms with Crippen molar-refractivity contribution in [3.63, 3.8) is 0 Å². The first-order chi connectivity index (χ1) is 15.4. The minimum atomic E-state index is -0.933. The number of amides is 4. The molecule has 4 amide bonds. The molecule has 168 valence electrons. The van der Waals surface area contributed by atoms with E-state index in [0.717, 1.165) is 5.56 Å². The molecule has 0 spiro atoms. The third-order valence-electron chi connectivity index (χ3n) is 6.09. The molecule has 0 bridgehead atoms. The summed E-state index contributed by atoms with van der Waals surface area (Å²) in [6.07, 6.45) is 4.59. The minimum absolute atomic E-state index is 0.170. The van der Waals surface area contributed by atoms with Crippen LogP contribution >= 0.6 is 0 Å². The van der Waals surface area contributed by atoms with E-state index >= 15 is 0 Å².